The molecule has 229 valence electrons. The number of thiophene rings is 1. The minimum absolute atomic E-state index is 0. The predicted molar refractivity (Wildman–Crippen MR) is 185 cm³/mol. The number of benzene rings is 3. The largest absolute Gasteiger partial charge is 0.305 e. The first-order valence-electron chi connectivity index (χ1n) is 15.0. The van der Waals surface area contributed by atoms with Crippen LogP contribution in [0.15, 0.2) is 85.2 Å². The fraction of sp³-hybridized carbons (Fsp3) is 0.263. The molecule has 0 bridgehead atoms. The van der Waals surface area contributed by atoms with Crippen molar-refractivity contribution in [1.29, 1.82) is 0 Å². The Hall–Kier alpha value is -3.02. The van der Waals surface area contributed by atoms with E-state index in [1.807, 2.05) is 54.7 Å². The monoisotopic (exact) mass is 795 g/mol. The Morgan fingerprint density at radius 2 is 1.64 bits per heavy atom. The summed E-state index contributed by atoms with van der Waals surface area (Å²) in [7, 11) is -1.34. The van der Waals surface area contributed by atoms with E-state index in [1.165, 1.54) is 22.4 Å². The maximum absolute atomic E-state index is 14.4. The van der Waals surface area contributed by atoms with E-state index in [9.17, 15) is 4.39 Å². The molecule has 0 spiro atoms. The summed E-state index contributed by atoms with van der Waals surface area (Å²) in [5.41, 5.74) is 6.56. The number of nitrogens with zero attached hydrogens (tertiary/aromatic N) is 2. The van der Waals surface area contributed by atoms with Gasteiger partial charge in [-0.2, -0.15) is 11.3 Å². The van der Waals surface area contributed by atoms with Crippen molar-refractivity contribution < 1.29 is 24.5 Å². The van der Waals surface area contributed by atoms with Crippen LogP contribution < -0.4 is 5.19 Å². The number of hydrogen-bond acceptors (Lipinski definition) is 3. The third-order valence-corrected chi connectivity index (χ3v) is 10.8. The first-order valence-corrected chi connectivity index (χ1v) is 19.3. The van der Waals surface area contributed by atoms with Crippen molar-refractivity contribution in [2.24, 2.45) is 5.92 Å². The summed E-state index contributed by atoms with van der Waals surface area (Å²) in [4.78, 5) is 9.18. The van der Waals surface area contributed by atoms with Gasteiger partial charge in [0.1, 0.15) is 0 Å². The number of rotatable bonds is 6. The average molecular weight is 795 g/mol. The third kappa shape index (κ3) is 7.60. The van der Waals surface area contributed by atoms with Crippen LogP contribution in [0.5, 0.6) is 0 Å². The Morgan fingerprint density at radius 3 is 2.32 bits per heavy atom. The third-order valence-electron chi connectivity index (χ3n) is 7.52. The molecule has 0 aliphatic rings. The topological polar surface area (TPSA) is 25.8 Å². The van der Waals surface area contributed by atoms with E-state index in [-0.39, 0.29) is 25.9 Å². The minimum atomic E-state index is -1.34. The molecule has 0 fully saturated rings. The van der Waals surface area contributed by atoms with Crippen molar-refractivity contribution in [1.82, 2.24) is 9.97 Å². The van der Waals surface area contributed by atoms with Gasteiger partial charge in [0.05, 0.1) is 8.07 Å². The molecule has 0 atom stereocenters. The SMILES string of the molecule is CC(C)Cc1cc(-c2[c-]cccc2)ncc1[Si](C)(C)C.CC(C)c1ccnc(-c2[c-]cc(F)c3c2sc2ccccc23)c1.[Ir]. The van der Waals surface area contributed by atoms with Crippen LogP contribution >= 0.6 is 11.3 Å². The number of hydrogen-bond donors (Lipinski definition) is 0. The Morgan fingerprint density at radius 1 is 0.886 bits per heavy atom. The predicted octanol–water partition coefficient (Wildman–Crippen LogP) is 10.5. The van der Waals surface area contributed by atoms with Gasteiger partial charge in [-0.15, -0.1) is 53.6 Å². The minimum Gasteiger partial charge on any atom is -0.305 e. The zero-order valence-corrected chi connectivity index (χ0v) is 30.7. The Bertz CT molecular complexity index is 1860. The van der Waals surface area contributed by atoms with Crippen molar-refractivity contribution in [3.05, 3.63) is 114 Å². The van der Waals surface area contributed by atoms with Crippen molar-refractivity contribution >= 4 is 44.8 Å². The van der Waals surface area contributed by atoms with Crippen LogP contribution in [0.3, 0.4) is 0 Å². The summed E-state index contributed by atoms with van der Waals surface area (Å²) < 4.78 is 16.4. The molecular weight excluding hydrogens is 756 g/mol. The Balaban J connectivity index is 0.000000199. The number of halogens is 1. The van der Waals surface area contributed by atoms with Gasteiger partial charge in [0.25, 0.3) is 0 Å². The Labute approximate surface area is 280 Å². The summed E-state index contributed by atoms with van der Waals surface area (Å²) in [6.07, 6.45) is 5.06. The van der Waals surface area contributed by atoms with Gasteiger partial charge >= 0.3 is 0 Å². The fourth-order valence-electron chi connectivity index (χ4n) is 5.35. The number of aromatic nitrogens is 2. The van der Waals surface area contributed by atoms with Gasteiger partial charge < -0.3 is 9.97 Å². The molecule has 2 nitrogen and oxygen atoms in total. The van der Waals surface area contributed by atoms with Gasteiger partial charge in [0, 0.05) is 43.0 Å². The van der Waals surface area contributed by atoms with Crippen molar-refractivity contribution in [3.63, 3.8) is 0 Å². The molecule has 3 aromatic heterocycles. The van der Waals surface area contributed by atoms with Gasteiger partial charge in [0.15, 0.2) is 0 Å². The smallest absolute Gasteiger partial charge is 0.0798 e. The van der Waals surface area contributed by atoms with Crippen LogP contribution in [0.2, 0.25) is 19.6 Å². The molecule has 6 aromatic rings. The zero-order valence-electron chi connectivity index (χ0n) is 26.5. The molecular formula is C38H39FIrN2SSi-2. The fourth-order valence-corrected chi connectivity index (χ4v) is 8.16. The summed E-state index contributed by atoms with van der Waals surface area (Å²) in [5, 5.41) is 3.13. The van der Waals surface area contributed by atoms with Gasteiger partial charge in [-0.1, -0.05) is 88.8 Å². The number of fused-ring (bicyclic) bond motifs is 3. The second-order valence-electron chi connectivity index (χ2n) is 12.8. The van der Waals surface area contributed by atoms with E-state index < -0.39 is 8.07 Å². The van der Waals surface area contributed by atoms with Gasteiger partial charge in [-0.3, -0.25) is 4.39 Å². The second-order valence-corrected chi connectivity index (χ2v) is 18.9. The van der Waals surface area contributed by atoms with E-state index in [4.69, 9.17) is 0 Å². The molecule has 0 unspecified atom stereocenters. The van der Waals surface area contributed by atoms with E-state index in [0.29, 0.717) is 17.2 Å². The van der Waals surface area contributed by atoms with E-state index in [2.05, 4.69) is 93.8 Å². The molecule has 0 saturated carbocycles. The normalized spacial score (nSPS) is 11.5. The van der Waals surface area contributed by atoms with Crippen LogP contribution in [0.25, 0.3) is 42.7 Å². The molecule has 0 N–H and O–H groups in total. The molecule has 6 heteroatoms. The van der Waals surface area contributed by atoms with Crippen LogP contribution in [-0.2, 0) is 26.5 Å². The summed E-state index contributed by atoms with van der Waals surface area (Å²) in [6.45, 7) is 16.0. The van der Waals surface area contributed by atoms with Gasteiger partial charge in [0.2, 0.25) is 0 Å². The van der Waals surface area contributed by atoms with Gasteiger partial charge in [-0.05, 0) is 62.4 Å². The van der Waals surface area contributed by atoms with Crippen molar-refractivity contribution in [2.45, 2.75) is 59.7 Å². The first kappa shape index (κ1) is 33.9. The van der Waals surface area contributed by atoms with Crippen LogP contribution in [0.4, 0.5) is 4.39 Å². The van der Waals surface area contributed by atoms with Crippen molar-refractivity contribution in [3.8, 4) is 22.5 Å². The van der Waals surface area contributed by atoms with Gasteiger partial charge in [-0.25, -0.2) is 0 Å². The summed E-state index contributed by atoms with van der Waals surface area (Å²) >= 11 is 1.60. The standard InChI is InChI=1S/C20H15FNS.C18H24NSi.Ir/c1-12(2)13-9-10-22-17(11-13)14-7-8-16(21)19-15-5-3-4-6-18(15)23-20(14)19;1-14(2)11-16-12-17(15-9-7-6-8-10-15)19-13-18(16)20(3,4)5;/h3-6,8-12H,1-2H3;6-9,12-14H,11H2,1-5H3;/q2*-1;. The molecule has 0 aliphatic carbocycles. The van der Waals surface area contributed by atoms with Crippen molar-refractivity contribution in [2.75, 3.05) is 0 Å². The van der Waals surface area contributed by atoms with Crippen LogP contribution in [-0.4, -0.2) is 18.0 Å². The van der Waals surface area contributed by atoms with E-state index >= 15 is 0 Å². The van der Waals surface area contributed by atoms with E-state index in [0.717, 1.165) is 43.7 Å². The molecule has 3 heterocycles. The number of pyridine rings is 2. The molecule has 3 aromatic carbocycles. The maximum atomic E-state index is 14.4. The molecule has 44 heavy (non-hydrogen) atoms. The summed E-state index contributed by atoms with van der Waals surface area (Å²) in [6, 6.07) is 30.2. The zero-order chi connectivity index (χ0) is 30.7. The maximum Gasteiger partial charge on any atom is 0.0798 e. The van der Waals surface area contributed by atoms with Crippen LogP contribution in [0.1, 0.15) is 44.7 Å². The van der Waals surface area contributed by atoms with Crippen LogP contribution in [0, 0.1) is 23.9 Å². The molecule has 1 radical (unpaired) electrons. The Kier molecular flexibility index (Phi) is 11.1. The molecule has 0 amide bonds. The second kappa shape index (κ2) is 14.4. The summed E-state index contributed by atoms with van der Waals surface area (Å²) in [5.74, 6) is 0.872. The molecule has 0 aliphatic heterocycles. The van der Waals surface area contributed by atoms with E-state index in [1.54, 1.807) is 11.3 Å². The first-order chi connectivity index (χ1) is 20.5. The molecule has 6 rings (SSSR count). The quantitative estimate of drug-likeness (QED) is 0.124. The molecule has 0 saturated heterocycles. The average Bonchev–Trinajstić information content (AvgIpc) is 3.38.